The van der Waals surface area contributed by atoms with Crippen LogP contribution in [0, 0.1) is 17.2 Å². The van der Waals surface area contributed by atoms with Gasteiger partial charge in [0.1, 0.15) is 5.58 Å². The molecule has 0 unspecified atom stereocenters. The molecule has 1 aliphatic rings. The van der Waals surface area contributed by atoms with E-state index in [1.165, 1.54) is 0 Å². The van der Waals surface area contributed by atoms with Gasteiger partial charge in [0.05, 0.1) is 6.07 Å². The van der Waals surface area contributed by atoms with Crippen molar-refractivity contribution in [3.8, 4) is 6.07 Å². The van der Waals surface area contributed by atoms with Crippen molar-refractivity contribution in [1.82, 2.24) is 4.90 Å². The number of hydrogen-bond donors (Lipinski definition) is 0. The Balaban J connectivity index is 1.81. The van der Waals surface area contributed by atoms with Crippen LogP contribution in [0.25, 0.3) is 11.0 Å². The average molecular weight is 289 g/mol. The van der Waals surface area contributed by atoms with Gasteiger partial charge in [-0.1, -0.05) is 11.6 Å². The van der Waals surface area contributed by atoms with E-state index in [-0.39, 0.29) is 11.8 Å². The van der Waals surface area contributed by atoms with E-state index < -0.39 is 0 Å². The summed E-state index contributed by atoms with van der Waals surface area (Å²) in [7, 11) is 0. The number of amides is 1. The van der Waals surface area contributed by atoms with E-state index in [9.17, 15) is 4.79 Å². The molecule has 1 aromatic carbocycles. The van der Waals surface area contributed by atoms with Crippen molar-refractivity contribution in [2.24, 2.45) is 5.92 Å². The number of carbonyl (C=O) groups is 1. The quantitative estimate of drug-likeness (QED) is 0.807. The minimum absolute atomic E-state index is 0.0635. The van der Waals surface area contributed by atoms with Crippen molar-refractivity contribution in [2.75, 3.05) is 13.1 Å². The molecule has 0 bridgehead atoms. The first-order valence-electron chi connectivity index (χ1n) is 6.55. The van der Waals surface area contributed by atoms with Crippen molar-refractivity contribution in [3.63, 3.8) is 0 Å². The molecule has 1 aliphatic heterocycles. The standard InChI is InChI=1S/C15H13ClN2O2/c16-12-1-2-13-11(7-12)8-14(20-13)15(19)18-5-3-10(9-17)4-6-18/h1-2,7-8,10H,3-6H2. The van der Waals surface area contributed by atoms with Gasteiger partial charge in [-0.3, -0.25) is 4.79 Å². The van der Waals surface area contributed by atoms with Crippen molar-refractivity contribution < 1.29 is 9.21 Å². The van der Waals surface area contributed by atoms with E-state index in [4.69, 9.17) is 21.3 Å². The summed E-state index contributed by atoms with van der Waals surface area (Å²) in [5.41, 5.74) is 0.657. The van der Waals surface area contributed by atoms with Gasteiger partial charge in [0.15, 0.2) is 5.76 Å². The molecule has 0 saturated carbocycles. The molecule has 5 heteroatoms. The number of carbonyl (C=O) groups excluding carboxylic acids is 1. The zero-order valence-electron chi connectivity index (χ0n) is 10.8. The highest BCUT2D eigenvalue weighted by molar-refractivity contribution is 6.31. The highest BCUT2D eigenvalue weighted by atomic mass is 35.5. The Morgan fingerprint density at radius 3 is 2.80 bits per heavy atom. The van der Waals surface area contributed by atoms with E-state index in [1.54, 1.807) is 29.2 Å². The lowest BCUT2D eigenvalue weighted by molar-refractivity contribution is 0.0677. The number of likely N-dealkylation sites (tertiary alicyclic amines) is 1. The van der Waals surface area contributed by atoms with Crippen LogP contribution in [0.1, 0.15) is 23.4 Å². The van der Waals surface area contributed by atoms with Crippen LogP contribution in [0.15, 0.2) is 28.7 Å². The molecule has 0 spiro atoms. The monoisotopic (exact) mass is 288 g/mol. The fourth-order valence-corrected chi connectivity index (χ4v) is 2.67. The third-order valence-electron chi connectivity index (χ3n) is 3.65. The van der Waals surface area contributed by atoms with Crippen molar-refractivity contribution in [1.29, 1.82) is 5.26 Å². The number of rotatable bonds is 1. The third kappa shape index (κ3) is 2.37. The summed E-state index contributed by atoms with van der Waals surface area (Å²) in [4.78, 5) is 14.1. The van der Waals surface area contributed by atoms with Gasteiger partial charge < -0.3 is 9.32 Å². The van der Waals surface area contributed by atoms with E-state index in [1.807, 2.05) is 0 Å². The van der Waals surface area contributed by atoms with Crippen LogP contribution in [0.2, 0.25) is 5.02 Å². The molecule has 102 valence electrons. The number of benzene rings is 1. The Labute approximate surface area is 121 Å². The zero-order valence-corrected chi connectivity index (χ0v) is 11.6. The fourth-order valence-electron chi connectivity index (χ4n) is 2.49. The second-order valence-electron chi connectivity index (χ2n) is 4.99. The van der Waals surface area contributed by atoms with Crippen LogP contribution in [-0.2, 0) is 0 Å². The summed E-state index contributed by atoms with van der Waals surface area (Å²) in [6, 6.07) is 9.25. The van der Waals surface area contributed by atoms with E-state index in [0.717, 1.165) is 18.2 Å². The largest absolute Gasteiger partial charge is 0.451 e. The number of piperidine rings is 1. The number of furan rings is 1. The van der Waals surface area contributed by atoms with Gasteiger partial charge >= 0.3 is 0 Å². The molecular formula is C15H13ClN2O2. The first-order chi connectivity index (χ1) is 9.67. The van der Waals surface area contributed by atoms with Crippen molar-refractivity contribution in [2.45, 2.75) is 12.8 Å². The lowest BCUT2D eigenvalue weighted by atomic mass is 9.98. The summed E-state index contributed by atoms with van der Waals surface area (Å²) >= 11 is 5.92. The van der Waals surface area contributed by atoms with Crippen molar-refractivity contribution >= 4 is 28.5 Å². The molecule has 20 heavy (non-hydrogen) atoms. The molecule has 0 radical (unpaired) electrons. The molecule has 2 heterocycles. The molecule has 4 nitrogen and oxygen atoms in total. The van der Waals surface area contributed by atoms with Gasteiger partial charge in [0.25, 0.3) is 5.91 Å². The van der Waals surface area contributed by atoms with Gasteiger partial charge in [-0.15, -0.1) is 0 Å². The van der Waals surface area contributed by atoms with Gasteiger partial charge in [-0.05, 0) is 37.1 Å². The summed E-state index contributed by atoms with van der Waals surface area (Å²) in [6.45, 7) is 1.21. The van der Waals surface area contributed by atoms with Crippen LogP contribution in [-0.4, -0.2) is 23.9 Å². The second-order valence-corrected chi connectivity index (χ2v) is 5.42. The lowest BCUT2D eigenvalue weighted by Crippen LogP contribution is -2.38. The maximum atomic E-state index is 12.4. The zero-order chi connectivity index (χ0) is 14.1. The van der Waals surface area contributed by atoms with Crippen LogP contribution in [0.5, 0.6) is 0 Å². The Morgan fingerprint density at radius 1 is 1.35 bits per heavy atom. The lowest BCUT2D eigenvalue weighted by Gasteiger charge is -2.28. The first kappa shape index (κ1) is 13.0. The highest BCUT2D eigenvalue weighted by Crippen LogP contribution is 2.25. The average Bonchev–Trinajstić information content (AvgIpc) is 2.89. The smallest absolute Gasteiger partial charge is 0.289 e. The SMILES string of the molecule is N#CC1CCN(C(=O)c2cc3cc(Cl)ccc3o2)CC1. The van der Waals surface area contributed by atoms with Gasteiger partial charge in [0.2, 0.25) is 0 Å². The summed E-state index contributed by atoms with van der Waals surface area (Å²) < 4.78 is 5.58. The maximum absolute atomic E-state index is 12.4. The molecule has 0 atom stereocenters. The minimum atomic E-state index is -0.117. The molecule has 0 aliphatic carbocycles. The summed E-state index contributed by atoms with van der Waals surface area (Å²) in [5.74, 6) is 0.278. The third-order valence-corrected chi connectivity index (χ3v) is 3.89. The Morgan fingerprint density at radius 2 is 2.10 bits per heavy atom. The first-order valence-corrected chi connectivity index (χ1v) is 6.93. The topological polar surface area (TPSA) is 57.2 Å². The normalized spacial score (nSPS) is 16.3. The number of nitrogens with zero attached hydrogens (tertiary/aromatic N) is 2. The number of nitriles is 1. The van der Waals surface area contributed by atoms with Crippen LogP contribution in [0.4, 0.5) is 0 Å². The number of hydrogen-bond acceptors (Lipinski definition) is 3. The molecular weight excluding hydrogens is 276 g/mol. The molecule has 3 rings (SSSR count). The summed E-state index contributed by atoms with van der Waals surface area (Å²) in [6.07, 6.45) is 1.46. The van der Waals surface area contributed by atoms with E-state index in [2.05, 4.69) is 6.07 Å². The molecule has 1 saturated heterocycles. The highest BCUT2D eigenvalue weighted by Gasteiger charge is 2.25. The van der Waals surface area contributed by atoms with Gasteiger partial charge in [-0.2, -0.15) is 5.26 Å². The number of halogens is 1. The molecule has 1 amide bonds. The maximum Gasteiger partial charge on any atom is 0.289 e. The minimum Gasteiger partial charge on any atom is -0.451 e. The van der Waals surface area contributed by atoms with E-state index >= 15 is 0 Å². The van der Waals surface area contributed by atoms with Gasteiger partial charge in [0, 0.05) is 29.4 Å². The Hall–Kier alpha value is -1.99. The summed E-state index contributed by atoms with van der Waals surface area (Å²) in [5, 5.41) is 10.3. The molecule has 2 aromatic rings. The number of fused-ring (bicyclic) bond motifs is 1. The van der Waals surface area contributed by atoms with Crippen LogP contribution in [0.3, 0.4) is 0 Å². The molecule has 1 aromatic heterocycles. The molecule has 0 N–H and O–H groups in total. The Kier molecular flexibility index (Phi) is 3.37. The molecule has 1 fully saturated rings. The van der Waals surface area contributed by atoms with Crippen LogP contribution < -0.4 is 0 Å². The van der Waals surface area contributed by atoms with Gasteiger partial charge in [-0.25, -0.2) is 0 Å². The fraction of sp³-hybridized carbons (Fsp3) is 0.333. The second kappa shape index (κ2) is 5.18. The predicted octanol–water partition coefficient (Wildman–Crippen LogP) is 3.46. The predicted molar refractivity (Wildman–Crippen MR) is 75.5 cm³/mol. The Bertz CT molecular complexity index is 693. The van der Waals surface area contributed by atoms with E-state index in [0.29, 0.717) is 29.5 Å². The van der Waals surface area contributed by atoms with Crippen LogP contribution >= 0.6 is 11.6 Å². The van der Waals surface area contributed by atoms with Crippen molar-refractivity contribution in [3.05, 3.63) is 35.0 Å².